The molecule has 0 bridgehead atoms. The van der Waals surface area contributed by atoms with E-state index in [9.17, 15) is 8.42 Å². The van der Waals surface area contributed by atoms with E-state index in [4.69, 9.17) is 5.11 Å². The zero-order valence-corrected chi connectivity index (χ0v) is 13.2. The number of nitrogens with one attached hydrogen (secondary N) is 1. The van der Waals surface area contributed by atoms with Crippen LogP contribution < -0.4 is 4.72 Å². The van der Waals surface area contributed by atoms with Gasteiger partial charge in [-0.3, -0.25) is 4.72 Å². The van der Waals surface area contributed by atoms with Crippen molar-refractivity contribution in [2.45, 2.75) is 18.7 Å². The van der Waals surface area contributed by atoms with E-state index in [1.807, 2.05) is 13.0 Å². The summed E-state index contributed by atoms with van der Waals surface area (Å²) in [7, 11) is -3.67. The predicted molar refractivity (Wildman–Crippen MR) is 82.8 cm³/mol. The van der Waals surface area contributed by atoms with Crippen LogP contribution in [0.5, 0.6) is 0 Å². The second kappa shape index (κ2) is 6.26. The Morgan fingerprint density at radius 2 is 2.14 bits per heavy atom. The van der Waals surface area contributed by atoms with Gasteiger partial charge in [-0.15, -0.1) is 0 Å². The minimum Gasteiger partial charge on any atom is -0.384 e. The van der Waals surface area contributed by atoms with Crippen molar-refractivity contribution in [1.82, 2.24) is 4.98 Å². The van der Waals surface area contributed by atoms with Gasteiger partial charge in [-0.2, -0.15) is 0 Å². The molecule has 0 saturated heterocycles. The SMILES string of the molecule is Cc1ccc(S(=O)(=O)Nc2ncc(C#CCO)s2)c(C)c1. The average Bonchev–Trinajstić information content (AvgIpc) is 2.82. The van der Waals surface area contributed by atoms with E-state index in [0.717, 1.165) is 16.9 Å². The highest BCUT2D eigenvalue weighted by Crippen LogP contribution is 2.23. The highest BCUT2D eigenvalue weighted by Gasteiger charge is 2.18. The molecule has 1 heterocycles. The molecule has 0 amide bonds. The van der Waals surface area contributed by atoms with Crippen molar-refractivity contribution >= 4 is 26.5 Å². The third kappa shape index (κ3) is 3.82. The molecule has 0 aliphatic carbocycles. The van der Waals surface area contributed by atoms with Crippen LogP contribution in [0.2, 0.25) is 0 Å². The van der Waals surface area contributed by atoms with E-state index in [-0.39, 0.29) is 16.6 Å². The third-order valence-electron chi connectivity index (χ3n) is 2.64. The van der Waals surface area contributed by atoms with E-state index in [0.29, 0.717) is 10.4 Å². The summed E-state index contributed by atoms with van der Waals surface area (Å²) in [5.74, 6) is 5.17. The third-order valence-corrected chi connectivity index (χ3v) is 5.09. The zero-order valence-electron chi connectivity index (χ0n) is 11.5. The van der Waals surface area contributed by atoms with Crippen LogP contribution in [-0.4, -0.2) is 25.1 Å². The average molecular weight is 322 g/mol. The van der Waals surface area contributed by atoms with Crippen molar-refractivity contribution in [3.63, 3.8) is 0 Å². The van der Waals surface area contributed by atoms with Gasteiger partial charge in [0.2, 0.25) is 0 Å². The predicted octanol–water partition coefficient (Wildman–Crippen LogP) is 1.90. The summed E-state index contributed by atoms with van der Waals surface area (Å²) >= 11 is 1.12. The van der Waals surface area contributed by atoms with E-state index in [1.165, 1.54) is 6.20 Å². The molecule has 21 heavy (non-hydrogen) atoms. The number of rotatable bonds is 3. The molecule has 0 aliphatic rings. The summed E-state index contributed by atoms with van der Waals surface area (Å²) in [5, 5.41) is 8.87. The first-order valence-electron chi connectivity index (χ1n) is 6.08. The summed E-state index contributed by atoms with van der Waals surface area (Å²) in [5.41, 5.74) is 1.68. The number of sulfonamides is 1. The molecule has 0 atom stereocenters. The molecular formula is C14H14N2O3S2. The van der Waals surface area contributed by atoms with Crippen LogP contribution in [0.15, 0.2) is 29.3 Å². The molecule has 0 radical (unpaired) electrons. The fraction of sp³-hybridized carbons (Fsp3) is 0.214. The summed E-state index contributed by atoms with van der Waals surface area (Å²) in [6.07, 6.45) is 1.47. The Morgan fingerprint density at radius 1 is 1.38 bits per heavy atom. The highest BCUT2D eigenvalue weighted by molar-refractivity contribution is 7.93. The lowest BCUT2D eigenvalue weighted by atomic mass is 10.2. The van der Waals surface area contributed by atoms with Crippen LogP contribution in [-0.2, 0) is 10.0 Å². The van der Waals surface area contributed by atoms with E-state index < -0.39 is 10.0 Å². The Morgan fingerprint density at radius 3 is 2.81 bits per heavy atom. The quantitative estimate of drug-likeness (QED) is 0.846. The molecule has 2 N–H and O–H groups in total. The van der Waals surface area contributed by atoms with Crippen LogP contribution in [0.1, 0.15) is 16.0 Å². The number of benzene rings is 1. The van der Waals surface area contributed by atoms with Gasteiger partial charge in [-0.05, 0) is 25.5 Å². The number of aryl methyl sites for hydroxylation is 2. The first-order valence-corrected chi connectivity index (χ1v) is 8.38. The molecule has 1 aromatic heterocycles. The van der Waals surface area contributed by atoms with Crippen molar-refractivity contribution in [3.05, 3.63) is 40.4 Å². The van der Waals surface area contributed by atoms with Crippen molar-refractivity contribution in [1.29, 1.82) is 0 Å². The van der Waals surface area contributed by atoms with Gasteiger partial charge in [-0.25, -0.2) is 13.4 Å². The molecular weight excluding hydrogens is 308 g/mol. The monoisotopic (exact) mass is 322 g/mol. The Labute approximate surface area is 127 Å². The lowest BCUT2D eigenvalue weighted by molar-refractivity contribution is 0.350. The number of hydrogen-bond donors (Lipinski definition) is 2. The molecule has 0 unspecified atom stereocenters. The standard InChI is InChI=1S/C14H14N2O3S2/c1-10-5-6-13(11(2)8-10)21(18,19)16-14-15-9-12(20-14)4-3-7-17/h5-6,8-9,17H,7H2,1-2H3,(H,15,16). The van der Waals surface area contributed by atoms with Crippen molar-refractivity contribution in [2.75, 3.05) is 11.3 Å². The molecule has 2 rings (SSSR count). The number of aliphatic hydroxyl groups is 1. The summed E-state index contributed by atoms with van der Waals surface area (Å²) in [4.78, 5) is 4.78. The number of aromatic nitrogens is 1. The molecule has 0 fully saturated rings. The van der Waals surface area contributed by atoms with Gasteiger partial charge in [0, 0.05) is 0 Å². The first-order chi connectivity index (χ1) is 9.92. The van der Waals surface area contributed by atoms with Crippen LogP contribution in [0.3, 0.4) is 0 Å². The normalized spacial score (nSPS) is 10.8. The highest BCUT2D eigenvalue weighted by atomic mass is 32.2. The Bertz CT molecular complexity index is 814. The fourth-order valence-corrected chi connectivity index (χ4v) is 3.94. The number of thiazole rings is 1. The number of hydrogen-bond acceptors (Lipinski definition) is 5. The largest absolute Gasteiger partial charge is 0.384 e. The second-order valence-corrected chi connectivity index (χ2v) is 7.05. The first kappa shape index (κ1) is 15.5. The topological polar surface area (TPSA) is 79.3 Å². The molecule has 5 nitrogen and oxygen atoms in total. The van der Waals surface area contributed by atoms with Gasteiger partial charge in [0.05, 0.1) is 16.0 Å². The van der Waals surface area contributed by atoms with E-state index in [2.05, 4.69) is 21.5 Å². The minimum absolute atomic E-state index is 0.228. The zero-order chi connectivity index (χ0) is 15.5. The van der Waals surface area contributed by atoms with Gasteiger partial charge in [0.1, 0.15) is 6.61 Å². The number of nitrogens with zero attached hydrogens (tertiary/aromatic N) is 1. The molecule has 0 saturated carbocycles. The van der Waals surface area contributed by atoms with Crippen LogP contribution in [0, 0.1) is 25.7 Å². The maximum Gasteiger partial charge on any atom is 0.263 e. The van der Waals surface area contributed by atoms with E-state index >= 15 is 0 Å². The summed E-state index contributed by atoms with van der Waals surface area (Å²) < 4.78 is 27.1. The molecule has 110 valence electrons. The smallest absolute Gasteiger partial charge is 0.263 e. The Hall–Kier alpha value is -1.88. The molecule has 0 spiro atoms. The lowest BCUT2D eigenvalue weighted by Gasteiger charge is -2.08. The van der Waals surface area contributed by atoms with Crippen LogP contribution in [0.4, 0.5) is 5.13 Å². The molecule has 2 aromatic rings. The number of anilines is 1. The maximum absolute atomic E-state index is 12.3. The Balaban J connectivity index is 2.27. The molecule has 1 aromatic carbocycles. The fourth-order valence-electron chi connectivity index (χ4n) is 1.78. The molecule has 7 heteroatoms. The maximum atomic E-state index is 12.3. The van der Waals surface area contributed by atoms with Crippen molar-refractivity contribution < 1.29 is 13.5 Å². The van der Waals surface area contributed by atoms with Gasteiger partial charge in [0.25, 0.3) is 10.0 Å². The van der Waals surface area contributed by atoms with E-state index in [1.54, 1.807) is 19.1 Å². The van der Waals surface area contributed by atoms with Gasteiger partial charge in [0.15, 0.2) is 5.13 Å². The lowest BCUT2D eigenvalue weighted by Crippen LogP contribution is -2.14. The van der Waals surface area contributed by atoms with Crippen molar-refractivity contribution in [2.24, 2.45) is 0 Å². The van der Waals surface area contributed by atoms with Crippen LogP contribution >= 0.6 is 11.3 Å². The summed E-state index contributed by atoms with van der Waals surface area (Å²) in [6.45, 7) is 3.41. The molecule has 0 aliphatic heterocycles. The van der Waals surface area contributed by atoms with Crippen molar-refractivity contribution in [3.8, 4) is 11.8 Å². The van der Waals surface area contributed by atoms with Gasteiger partial charge < -0.3 is 5.11 Å². The van der Waals surface area contributed by atoms with Gasteiger partial charge >= 0.3 is 0 Å². The minimum atomic E-state index is -3.67. The Kier molecular flexibility index (Phi) is 4.63. The summed E-state index contributed by atoms with van der Waals surface area (Å²) in [6, 6.07) is 5.14. The second-order valence-electron chi connectivity index (χ2n) is 4.36. The number of aliphatic hydroxyl groups excluding tert-OH is 1. The van der Waals surface area contributed by atoms with Gasteiger partial charge in [-0.1, -0.05) is 40.9 Å². The van der Waals surface area contributed by atoms with Crippen LogP contribution in [0.25, 0.3) is 0 Å².